The van der Waals surface area contributed by atoms with Gasteiger partial charge in [0.1, 0.15) is 12.7 Å². The zero-order valence-electron chi connectivity index (χ0n) is 16.4. The third-order valence-electron chi connectivity index (χ3n) is 4.99. The average Bonchev–Trinajstić information content (AvgIpc) is 3.30. The highest BCUT2D eigenvalue weighted by atomic mass is 32.2. The van der Waals surface area contributed by atoms with Crippen molar-refractivity contribution in [1.29, 1.82) is 0 Å². The molecular formula is C21H24N2O6S. The molecule has 2 atom stereocenters. The molecule has 30 heavy (non-hydrogen) atoms. The molecule has 1 saturated heterocycles. The maximum Gasteiger partial charge on any atom is 0.251 e. The van der Waals surface area contributed by atoms with Gasteiger partial charge in [0.15, 0.2) is 11.5 Å². The summed E-state index contributed by atoms with van der Waals surface area (Å²) in [6, 6.07) is 13.3. The second kappa shape index (κ2) is 9.03. The standard InChI is InChI=1S/C21H24N2O6S/c24-21(22-12-17-14-28-19-8-1-2-9-20(19)29-17)15-5-3-7-18(11-15)30(25,26)23-13-16-6-4-10-27-16/h1-3,5,7-9,11,16-17,23H,4,6,10,12-14H2,(H,22,24). The molecule has 1 fully saturated rings. The van der Waals surface area contributed by atoms with E-state index in [0.29, 0.717) is 24.7 Å². The topological polar surface area (TPSA) is 103 Å². The SMILES string of the molecule is O=C(NCC1COc2ccccc2O1)c1cccc(S(=O)(=O)NCC2CCCO2)c1. The molecule has 2 aromatic carbocycles. The lowest BCUT2D eigenvalue weighted by atomic mass is 10.2. The molecule has 2 heterocycles. The van der Waals surface area contributed by atoms with Gasteiger partial charge in [-0.3, -0.25) is 4.79 Å². The molecule has 2 N–H and O–H groups in total. The molecule has 0 saturated carbocycles. The van der Waals surface area contributed by atoms with Gasteiger partial charge in [-0.25, -0.2) is 13.1 Å². The van der Waals surface area contributed by atoms with Crippen molar-refractivity contribution >= 4 is 15.9 Å². The van der Waals surface area contributed by atoms with Crippen molar-refractivity contribution in [3.05, 3.63) is 54.1 Å². The maximum atomic E-state index is 12.6. The molecule has 2 aliphatic heterocycles. The first-order valence-corrected chi connectivity index (χ1v) is 11.4. The van der Waals surface area contributed by atoms with Gasteiger partial charge in [0, 0.05) is 18.7 Å². The zero-order valence-corrected chi connectivity index (χ0v) is 17.2. The van der Waals surface area contributed by atoms with Crippen molar-refractivity contribution in [3.63, 3.8) is 0 Å². The minimum Gasteiger partial charge on any atom is -0.486 e. The molecule has 0 aromatic heterocycles. The number of sulfonamides is 1. The lowest BCUT2D eigenvalue weighted by Crippen LogP contribution is -2.40. The van der Waals surface area contributed by atoms with Gasteiger partial charge in [-0.1, -0.05) is 18.2 Å². The summed E-state index contributed by atoms with van der Waals surface area (Å²) in [4.78, 5) is 12.6. The van der Waals surface area contributed by atoms with Crippen LogP contribution in [0.25, 0.3) is 0 Å². The Kier molecular flexibility index (Phi) is 6.21. The van der Waals surface area contributed by atoms with Crippen LogP contribution in [0, 0.1) is 0 Å². The van der Waals surface area contributed by atoms with Crippen molar-refractivity contribution in [1.82, 2.24) is 10.0 Å². The molecule has 0 spiro atoms. The number of hydrogen-bond donors (Lipinski definition) is 2. The van der Waals surface area contributed by atoms with Gasteiger partial charge < -0.3 is 19.5 Å². The van der Waals surface area contributed by atoms with E-state index in [4.69, 9.17) is 14.2 Å². The minimum atomic E-state index is -3.73. The Morgan fingerprint density at radius 3 is 2.67 bits per heavy atom. The van der Waals surface area contributed by atoms with Crippen LogP contribution in [0.4, 0.5) is 0 Å². The minimum absolute atomic E-state index is 0.0410. The molecule has 8 nitrogen and oxygen atoms in total. The Bertz CT molecular complexity index is 1000. The predicted octanol–water partition coefficient (Wildman–Crippen LogP) is 1.71. The van der Waals surface area contributed by atoms with E-state index in [-0.39, 0.29) is 41.7 Å². The van der Waals surface area contributed by atoms with E-state index in [2.05, 4.69) is 10.0 Å². The number of benzene rings is 2. The van der Waals surface area contributed by atoms with Crippen LogP contribution < -0.4 is 19.5 Å². The van der Waals surface area contributed by atoms with E-state index in [9.17, 15) is 13.2 Å². The van der Waals surface area contributed by atoms with E-state index in [1.165, 1.54) is 12.1 Å². The smallest absolute Gasteiger partial charge is 0.251 e. The number of fused-ring (bicyclic) bond motifs is 1. The molecule has 9 heteroatoms. The normalized spacial score (nSPS) is 20.7. The molecule has 2 aromatic rings. The van der Waals surface area contributed by atoms with Crippen LogP contribution in [0.5, 0.6) is 11.5 Å². The summed E-state index contributed by atoms with van der Waals surface area (Å²) < 4.78 is 44.6. The Balaban J connectivity index is 1.34. The molecule has 0 aliphatic carbocycles. The van der Waals surface area contributed by atoms with Crippen LogP contribution in [-0.2, 0) is 14.8 Å². The molecule has 1 amide bonds. The van der Waals surface area contributed by atoms with Crippen LogP contribution >= 0.6 is 0 Å². The summed E-state index contributed by atoms with van der Waals surface area (Å²) in [5, 5.41) is 2.78. The van der Waals surface area contributed by atoms with Gasteiger partial charge in [0.2, 0.25) is 10.0 Å². The summed E-state index contributed by atoms with van der Waals surface area (Å²) in [5.41, 5.74) is 0.257. The first kappa shape index (κ1) is 20.6. The molecule has 4 rings (SSSR count). The van der Waals surface area contributed by atoms with Crippen LogP contribution in [0.2, 0.25) is 0 Å². The zero-order chi connectivity index (χ0) is 21.0. The summed E-state index contributed by atoms with van der Waals surface area (Å²) in [6.07, 6.45) is 1.34. The van der Waals surface area contributed by atoms with Crippen molar-refractivity contribution in [2.24, 2.45) is 0 Å². The van der Waals surface area contributed by atoms with Gasteiger partial charge >= 0.3 is 0 Å². The van der Waals surface area contributed by atoms with Gasteiger partial charge in [0.25, 0.3) is 5.91 Å². The maximum absolute atomic E-state index is 12.6. The molecule has 160 valence electrons. The Morgan fingerprint density at radius 1 is 1.03 bits per heavy atom. The van der Waals surface area contributed by atoms with E-state index < -0.39 is 10.0 Å². The molecule has 0 radical (unpaired) electrons. The number of ether oxygens (including phenoxy) is 3. The van der Waals surface area contributed by atoms with Crippen LogP contribution in [0.1, 0.15) is 23.2 Å². The predicted molar refractivity (Wildman–Crippen MR) is 109 cm³/mol. The third-order valence-corrected chi connectivity index (χ3v) is 6.41. The number of carbonyl (C=O) groups is 1. The quantitative estimate of drug-likeness (QED) is 0.691. The largest absolute Gasteiger partial charge is 0.486 e. The fraction of sp³-hybridized carbons (Fsp3) is 0.381. The van der Waals surface area contributed by atoms with Crippen molar-refractivity contribution in [3.8, 4) is 11.5 Å². The number of para-hydroxylation sites is 2. The Labute approximate surface area is 175 Å². The fourth-order valence-corrected chi connectivity index (χ4v) is 4.48. The van der Waals surface area contributed by atoms with Gasteiger partial charge in [-0.2, -0.15) is 0 Å². The van der Waals surface area contributed by atoms with Crippen LogP contribution in [0.3, 0.4) is 0 Å². The summed E-state index contributed by atoms with van der Waals surface area (Å²) in [5.74, 6) is 0.926. The summed E-state index contributed by atoms with van der Waals surface area (Å²) in [7, 11) is -3.73. The summed E-state index contributed by atoms with van der Waals surface area (Å²) in [6.45, 7) is 1.43. The second-order valence-corrected chi connectivity index (χ2v) is 8.99. The molecular weight excluding hydrogens is 408 g/mol. The number of amides is 1. The summed E-state index contributed by atoms with van der Waals surface area (Å²) >= 11 is 0. The highest BCUT2D eigenvalue weighted by Crippen LogP contribution is 2.30. The van der Waals surface area contributed by atoms with Gasteiger partial charge in [-0.15, -0.1) is 0 Å². The van der Waals surface area contributed by atoms with Crippen molar-refractivity contribution < 1.29 is 27.4 Å². The molecule has 2 unspecified atom stereocenters. The van der Waals surface area contributed by atoms with Crippen molar-refractivity contribution in [2.45, 2.75) is 29.9 Å². The average molecular weight is 432 g/mol. The second-order valence-electron chi connectivity index (χ2n) is 7.22. The Hall–Kier alpha value is -2.62. The highest BCUT2D eigenvalue weighted by Gasteiger charge is 2.23. The fourth-order valence-electron chi connectivity index (χ4n) is 3.37. The molecule has 2 aliphatic rings. The highest BCUT2D eigenvalue weighted by molar-refractivity contribution is 7.89. The lowest BCUT2D eigenvalue weighted by Gasteiger charge is -2.26. The van der Waals surface area contributed by atoms with Crippen molar-refractivity contribution in [2.75, 3.05) is 26.3 Å². The first-order valence-electron chi connectivity index (χ1n) is 9.89. The van der Waals surface area contributed by atoms with Gasteiger partial charge in [0.05, 0.1) is 17.5 Å². The molecule has 0 bridgehead atoms. The first-order chi connectivity index (χ1) is 14.5. The van der Waals surface area contributed by atoms with E-state index in [1.807, 2.05) is 18.2 Å². The monoisotopic (exact) mass is 432 g/mol. The van der Waals surface area contributed by atoms with E-state index in [1.54, 1.807) is 18.2 Å². The van der Waals surface area contributed by atoms with Gasteiger partial charge in [-0.05, 0) is 43.2 Å². The number of hydrogen-bond acceptors (Lipinski definition) is 6. The van der Waals surface area contributed by atoms with Crippen LogP contribution in [-0.4, -0.2) is 52.8 Å². The number of nitrogens with one attached hydrogen (secondary N) is 2. The lowest BCUT2D eigenvalue weighted by molar-refractivity contribution is 0.0789. The van der Waals surface area contributed by atoms with E-state index in [0.717, 1.165) is 12.8 Å². The number of carbonyl (C=O) groups excluding carboxylic acids is 1. The Morgan fingerprint density at radius 2 is 1.87 bits per heavy atom. The number of rotatable bonds is 7. The third kappa shape index (κ3) is 4.92. The van der Waals surface area contributed by atoms with Crippen LogP contribution in [0.15, 0.2) is 53.4 Å². The van der Waals surface area contributed by atoms with E-state index >= 15 is 0 Å².